The molecule has 0 bridgehead atoms. The third-order valence-corrected chi connectivity index (χ3v) is 3.09. The predicted octanol–water partition coefficient (Wildman–Crippen LogP) is 2.20. The van der Waals surface area contributed by atoms with E-state index >= 15 is 0 Å². The molecule has 0 unspecified atom stereocenters. The lowest BCUT2D eigenvalue weighted by molar-refractivity contribution is 0.166. The molecule has 3 amide bonds. The minimum atomic E-state index is -0.753. The molecule has 0 aliphatic carbocycles. The normalized spacial score (nSPS) is 9.65. The first-order valence-electron chi connectivity index (χ1n) is 5.60. The van der Waals surface area contributed by atoms with Crippen LogP contribution in [0, 0.1) is 0 Å². The highest BCUT2D eigenvalue weighted by atomic mass is 32.1. The molecule has 1 aromatic carbocycles. The summed E-state index contributed by atoms with van der Waals surface area (Å²) in [5, 5.41) is 5.32. The molecule has 7 nitrogen and oxygen atoms in total. The predicted molar refractivity (Wildman–Crippen MR) is 75.2 cm³/mol. The van der Waals surface area contributed by atoms with Crippen molar-refractivity contribution < 1.29 is 14.3 Å². The van der Waals surface area contributed by atoms with Crippen LogP contribution in [0.25, 0.3) is 10.6 Å². The molecule has 1 heterocycles. The van der Waals surface area contributed by atoms with Gasteiger partial charge in [-0.25, -0.2) is 25.4 Å². The highest BCUT2D eigenvalue weighted by molar-refractivity contribution is 7.13. The van der Waals surface area contributed by atoms with Crippen LogP contribution in [0.4, 0.5) is 15.3 Å². The van der Waals surface area contributed by atoms with Crippen LogP contribution in [-0.2, 0) is 4.74 Å². The Labute approximate surface area is 118 Å². The summed E-state index contributed by atoms with van der Waals surface area (Å²) >= 11 is 1.51. The first kappa shape index (κ1) is 13.8. The zero-order chi connectivity index (χ0) is 14.4. The minimum Gasteiger partial charge on any atom is -0.452 e. The zero-order valence-electron chi connectivity index (χ0n) is 10.5. The fourth-order valence-electron chi connectivity index (χ4n) is 1.42. The molecule has 0 saturated carbocycles. The van der Waals surface area contributed by atoms with E-state index in [-0.39, 0.29) is 0 Å². The summed E-state index contributed by atoms with van der Waals surface area (Å²) in [5.41, 5.74) is 5.70. The fraction of sp³-hybridized carbons (Fsp3) is 0.0833. The van der Waals surface area contributed by atoms with Crippen LogP contribution < -0.4 is 16.2 Å². The molecular weight excluding hydrogens is 280 g/mol. The first-order chi connectivity index (χ1) is 9.69. The van der Waals surface area contributed by atoms with Crippen molar-refractivity contribution in [1.82, 2.24) is 15.8 Å². The van der Waals surface area contributed by atoms with Crippen molar-refractivity contribution in [2.45, 2.75) is 0 Å². The van der Waals surface area contributed by atoms with Crippen LogP contribution in [0.1, 0.15) is 0 Å². The topological polar surface area (TPSA) is 92.4 Å². The highest BCUT2D eigenvalue weighted by Gasteiger charge is 2.06. The number of hydrogen-bond acceptors (Lipinski definition) is 5. The number of urea groups is 1. The van der Waals surface area contributed by atoms with Crippen molar-refractivity contribution in [2.24, 2.45) is 0 Å². The lowest BCUT2D eigenvalue weighted by Gasteiger charge is -2.08. The van der Waals surface area contributed by atoms with Crippen molar-refractivity contribution in [3.05, 3.63) is 35.8 Å². The second-order valence-electron chi connectivity index (χ2n) is 3.61. The molecule has 0 atom stereocenters. The lowest BCUT2D eigenvalue weighted by Crippen LogP contribution is -2.43. The summed E-state index contributed by atoms with van der Waals surface area (Å²) in [6.45, 7) is 0. The molecule has 2 aromatic rings. The van der Waals surface area contributed by atoms with Gasteiger partial charge in [0.25, 0.3) is 0 Å². The number of amides is 3. The number of methoxy groups -OCH3 is 1. The molecule has 8 heteroatoms. The monoisotopic (exact) mass is 292 g/mol. The third-order valence-electron chi connectivity index (χ3n) is 2.26. The van der Waals surface area contributed by atoms with Gasteiger partial charge >= 0.3 is 12.1 Å². The van der Waals surface area contributed by atoms with Crippen LogP contribution in [0.5, 0.6) is 0 Å². The van der Waals surface area contributed by atoms with Crippen LogP contribution in [-0.4, -0.2) is 24.2 Å². The summed E-state index contributed by atoms with van der Waals surface area (Å²) < 4.78 is 4.32. The number of rotatable bonds is 2. The standard InChI is InChI=1S/C12H12N4O3S/c1-19-12(18)16-15-11(17)14-9-4-2-3-8(7-9)10-13-5-6-20-10/h2-7H,1H3,(H,16,18)(H2,14,15,17). The van der Waals surface area contributed by atoms with Crippen molar-refractivity contribution >= 4 is 29.1 Å². The Balaban J connectivity index is 1.98. The molecule has 0 radical (unpaired) electrons. The van der Waals surface area contributed by atoms with Crippen molar-refractivity contribution in [2.75, 3.05) is 12.4 Å². The van der Waals surface area contributed by atoms with Gasteiger partial charge in [-0.15, -0.1) is 11.3 Å². The van der Waals surface area contributed by atoms with Gasteiger partial charge in [0.1, 0.15) is 5.01 Å². The number of ether oxygens (including phenoxy) is 1. The van der Waals surface area contributed by atoms with Gasteiger partial charge in [0.15, 0.2) is 0 Å². The summed E-state index contributed by atoms with van der Waals surface area (Å²) in [6.07, 6.45) is 0.962. The maximum absolute atomic E-state index is 11.5. The molecule has 20 heavy (non-hydrogen) atoms. The second-order valence-corrected chi connectivity index (χ2v) is 4.51. The Morgan fingerprint density at radius 1 is 1.30 bits per heavy atom. The van der Waals surface area contributed by atoms with Crippen LogP contribution in [0.2, 0.25) is 0 Å². The van der Waals surface area contributed by atoms with Gasteiger partial charge in [0.2, 0.25) is 0 Å². The number of aromatic nitrogens is 1. The molecule has 0 spiro atoms. The van der Waals surface area contributed by atoms with E-state index in [0.29, 0.717) is 5.69 Å². The number of hydrogen-bond donors (Lipinski definition) is 3. The third kappa shape index (κ3) is 3.69. The quantitative estimate of drug-likeness (QED) is 0.740. The van der Waals surface area contributed by atoms with Gasteiger partial charge in [-0.2, -0.15) is 0 Å². The average molecular weight is 292 g/mol. The highest BCUT2D eigenvalue weighted by Crippen LogP contribution is 2.24. The van der Waals surface area contributed by atoms with Gasteiger partial charge in [-0.1, -0.05) is 12.1 Å². The van der Waals surface area contributed by atoms with Crippen molar-refractivity contribution in [3.8, 4) is 10.6 Å². The Morgan fingerprint density at radius 3 is 2.85 bits per heavy atom. The second kappa shape index (κ2) is 6.53. The fourth-order valence-corrected chi connectivity index (χ4v) is 2.05. The number of carbonyl (C=O) groups excluding carboxylic acids is 2. The SMILES string of the molecule is COC(=O)NNC(=O)Nc1cccc(-c2nccs2)c1. The van der Waals surface area contributed by atoms with E-state index in [0.717, 1.165) is 10.6 Å². The Kier molecular flexibility index (Phi) is 4.51. The van der Waals surface area contributed by atoms with Gasteiger partial charge < -0.3 is 10.1 Å². The van der Waals surface area contributed by atoms with Crippen molar-refractivity contribution in [1.29, 1.82) is 0 Å². The van der Waals surface area contributed by atoms with Crippen LogP contribution >= 0.6 is 11.3 Å². The molecule has 2 rings (SSSR count). The largest absolute Gasteiger partial charge is 0.452 e. The summed E-state index contributed by atoms with van der Waals surface area (Å²) in [7, 11) is 1.20. The van der Waals surface area contributed by atoms with Crippen LogP contribution in [0.15, 0.2) is 35.8 Å². The van der Waals surface area contributed by atoms with E-state index in [1.165, 1.54) is 18.4 Å². The van der Waals surface area contributed by atoms with Gasteiger partial charge in [-0.3, -0.25) is 0 Å². The van der Waals surface area contributed by atoms with Gasteiger partial charge in [0, 0.05) is 22.8 Å². The average Bonchev–Trinajstić information content (AvgIpc) is 2.99. The van der Waals surface area contributed by atoms with E-state index in [2.05, 4.69) is 25.9 Å². The first-order valence-corrected chi connectivity index (χ1v) is 6.48. The minimum absolute atomic E-state index is 0.577. The molecule has 0 fully saturated rings. The molecule has 1 aromatic heterocycles. The molecule has 0 saturated heterocycles. The smallest absolute Gasteiger partial charge is 0.425 e. The summed E-state index contributed by atoms with van der Waals surface area (Å²) in [6, 6.07) is 6.65. The number of nitrogens with zero attached hydrogens (tertiary/aromatic N) is 1. The molecule has 3 N–H and O–H groups in total. The number of anilines is 1. The molecule has 104 valence electrons. The van der Waals surface area contributed by atoms with Gasteiger partial charge in [-0.05, 0) is 12.1 Å². The molecular formula is C12H12N4O3S. The summed E-state index contributed by atoms with van der Waals surface area (Å²) in [5.74, 6) is 0. The number of hydrazine groups is 1. The lowest BCUT2D eigenvalue weighted by atomic mass is 10.2. The number of nitrogens with one attached hydrogen (secondary N) is 3. The number of thiazole rings is 1. The summed E-state index contributed by atoms with van der Waals surface area (Å²) in [4.78, 5) is 26.5. The molecule has 0 aliphatic rings. The number of carbonyl (C=O) groups is 2. The molecule has 0 aliphatic heterocycles. The van der Waals surface area contributed by atoms with E-state index in [1.54, 1.807) is 24.4 Å². The van der Waals surface area contributed by atoms with E-state index in [4.69, 9.17) is 0 Å². The maximum atomic E-state index is 11.5. The van der Waals surface area contributed by atoms with Crippen LogP contribution in [0.3, 0.4) is 0 Å². The Morgan fingerprint density at radius 2 is 2.15 bits per heavy atom. The number of benzene rings is 1. The Hall–Kier alpha value is -2.61. The maximum Gasteiger partial charge on any atom is 0.425 e. The van der Waals surface area contributed by atoms with E-state index in [9.17, 15) is 9.59 Å². The van der Waals surface area contributed by atoms with E-state index in [1.807, 2.05) is 11.4 Å². The van der Waals surface area contributed by atoms with E-state index < -0.39 is 12.1 Å². The van der Waals surface area contributed by atoms with Gasteiger partial charge in [0.05, 0.1) is 7.11 Å². The van der Waals surface area contributed by atoms with Crippen molar-refractivity contribution in [3.63, 3.8) is 0 Å². The Bertz CT molecular complexity index is 601. The zero-order valence-corrected chi connectivity index (χ0v) is 11.4.